The summed E-state index contributed by atoms with van der Waals surface area (Å²) in [7, 11) is 1.93. The van der Waals surface area contributed by atoms with E-state index in [9.17, 15) is 0 Å². The number of nitrogens with one attached hydrogen (secondary N) is 1. The molecule has 3 heteroatoms. The Labute approximate surface area is 99.1 Å². The lowest BCUT2D eigenvalue weighted by molar-refractivity contribution is 0.592. The second-order valence-electron chi connectivity index (χ2n) is 3.70. The Kier molecular flexibility index (Phi) is 3.29. The molecule has 1 aromatic heterocycles. The van der Waals surface area contributed by atoms with E-state index in [4.69, 9.17) is 11.6 Å². The van der Waals surface area contributed by atoms with Crippen LogP contribution in [0.4, 0.5) is 0 Å². The summed E-state index contributed by atoms with van der Waals surface area (Å²) in [5, 5.41) is 6.60. The fourth-order valence-corrected chi connectivity index (χ4v) is 2.62. The van der Waals surface area contributed by atoms with Crippen LogP contribution in [0.2, 0.25) is 0 Å². The molecule has 0 fully saturated rings. The van der Waals surface area contributed by atoms with E-state index in [-0.39, 0.29) is 11.4 Å². The van der Waals surface area contributed by atoms with Crippen molar-refractivity contribution < 1.29 is 0 Å². The maximum atomic E-state index is 6.37. The first-order valence-electron chi connectivity index (χ1n) is 5.01. The molecule has 2 atom stereocenters. The maximum Gasteiger partial charge on any atom is 0.0735 e. The van der Waals surface area contributed by atoms with Crippen LogP contribution < -0.4 is 5.32 Å². The van der Waals surface area contributed by atoms with Crippen LogP contribution in [-0.2, 0) is 0 Å². The van der Waals surface area contributed by atoms with E-state index in [1.54, 1.807) is 11.3 Å². The molecule has 1 N–H and O–H groups in total. The van der Waals surface area contributed by atoms with E-state index in [1.165, 1.54) is 15.6 Å². The summed E-state index contributed by atoms with van der Waals surface area (Å²) in [5.41, 5.74) is 1.18. The summed E-state index contributed by atoms with van der Waals surface area (Å²) in [5.74, 6) is 0. The van der Waals surface area contributed by atoms with Crippen molar-refractivity contribution in [2.45, 2.75) is 18.3 Å². The molecule has 80 valence electrons. The lowest BCUT2D eigenvalue weighted by atomic mass is 10.1. The number of likely N-dealkylation sites (N-methyl/N-ethyl adjacent to an activating group) is 1. The predicted octanol–water partition coefficient (Wildman–Crippen LogP) is 3.79. The number of rotatable bonds is 3. The first kappa shape index (κ1) is 10.9. The molecule has 1 heterocycles. The zero-order chi connectivity index (χ0) is 10.8. The molecule has 1 aromatic carbocycles. The Balaban J connectivity index is 2.35. The van der Waals surface area contributed by atoms with Crippen LogP contribution in [-0.4, -0.2) is 13.1 Å². The standard InChI is InChI=1S/C12H14ClNS/c1-8(14-2)12(13)10-3-4-11-9(7-10)5-6-15-11/h3-8,12,14H,1-2H3. The van der Waals surface area contributed by atoms with Crippen LogP contribution in [0.25, 0.3) is 10.1 Å². The fraction of sp³-hybridized carbons (Fsp3) is 0.333. The van der Waals surface area contributed by atoms with E-state index in [0.29, 0.717) is 0 Å². The third-order valence-electron chi connectivity index (χ3n) is 2.69. The van der Waals surface area contributed by atoms with E-state index in [2.05, 4.69) is 41.9 Å². The van der Waals surface area contributed by atoms with Crippen molar-refractivity contribution in [3.8, 4) is 0 Å². The SMILES string of the molecule is CNC(C)C(Cl)c1ccc2sccc2c1. The number of halogens is 1. The number of hydrogen-bond donors (Lipinski definition) is 1. The van der Waals surface area contributed by atoms with E-state index in [1.807, 2.05) is 7.05 Å². The van der Waals surface area contributed by atoms with Gasteiger partial charge in [0.2, 0.25) is 0 Å². The second-order valence-corrected chi connectivity index (χ2v) is 5.11. The van der Waals surface area contributed by atoms with Crippen molar-refractivity contribution in [1.82, 2.24) is 5.32 Å². The van der Waals surface area contributed by atoms with Gasteiger partial charge in [-0.2, -0.15) is 0 Å². The molecule has 0 bridgehead atoms. The van der Waals surface area contributed by atoms with Gasteiger partial charge in [-0.3, -0.25) is 0 Å². The highest BCUT2D eigenvalue weighted by molar-refractivity contribution is 7.17. The topological polar surface area (TPSA) is 12.0 Å². The average molecular weight is 240 g/mol. The van der Waals surface area contributed by atoms with Crippen molar-refractivity contribution in [2.24, 2.45) is 0 Å². The molecule has 0 saturated carbocycles. The van der Waals surface area contributed by atoms with Gasteiger partial charge in [0, 0.05) is 10.7 Å². The van der Waals surface area contributed by atoms with Crippen LogP contribution in [0.1, 0.15) is 17.9 Å². The van der Waals surface area contributed by atoms with Crippen molar-refractivity contribution in [3.63, 3.8) is 0 Å². The van der Waals surface area contributed by atoms with E-state index >= 15 is 0 Å². The van der Waals surface area contributed by atoms with Gasteiger partial charge in [-0.05, 0) is 48.5 Å². The van der Waals surface area contributed by atoms with Crippen LogP contribution >= 0.6 is 22.9 Å². The maximum absolute atomic E-state index is 6.37. The summed E-state index contributed by atoms with van der Waals surface area (Å²) in [6.07, 6.45) is 0. The average Bonchev–Trinajstić information content (AvgIpc) is 2.73. The lowest BCUT2D eigenvalue weighted by Crippen LogP contribution is -2.25. The number of benzene rings is 1. The van der Waals surface area contributed by atoms with Crippen LogP contribution in [0.3, 0.4) is 0 Å². The minimum atomic E-state index is 0.0271. The lowest BCUT2D eigenvalue weighted by Gasteiger charge is -2.17. The number of hydrogen-bond acceptors (Lipinski definition) is 2. The molecule has 0 aliphatic rings. The molecule has 2 aromatic rings. The monoisotopic (exact) mass is 239 g/mol. The van der Waals surface area contributed by atoms with Gasteiger partial charge in [-0.25, -0.2) is 0 Å². The molecule has 0 saturated heterocycles. The highest BCUT2D eigenvalue weighted by atomic mass is 35.5. The third kappa shape index (κ3) is 2.17. The summed E-state index contributed by atoms with van der Waals surface area (Å²) in [4.78, 5) is 0. The van der Waals surface area contributed by atoms with Crippen LogP contribution in [0.15, 0.2) is 29.6 Å². The molecule has 2 unspecified atom stereocenters. The molecule has 0 spiro atoms. The molecule has 0 aliphatic carbocycles. The first-order valence-corrected chi connectivity index (χ1v) is 6.32. The molecule has 0 amide bonds. The van der Waals surface area contributed by atoms with Gasteiger partial charge >= 0.3 is 0 Å². The first-order chi connectivity index (χ1) is 7.22. The van der Waals surface area contributed by atoms with E-state index in [0.717, 1.165) is 0 Å². The Hall–Kier alpha value is -0.570. The van der Waals surface area contributed by atoms with Crippen molar-refractivity contribution >= 4 is 33.0 Å². The largest absolute Gasteiger partial charge is 0.315 e. The van der Waals surface area contributed by atoms with Gasteiger partial charge in [0.15, 0.2) is 0 Å². The Bertz CT molecular complexity index is 452. The van der Waals surface area contributed by atoms with Crippen molar-refractivity contribution in [2.75, 3.05) is 7.05 Å². The fourth-order valence-electron chi connectivity index (χ4n) is 1.59. The Morgan fingerprint density at radius 2 is 2.13 bits per heavy atom. The smallest absolute Gasteiger partial charge is 0.0735 e. The molecular formula is C12H14ClNS. The zero-order valence-electron chi connectivity index (χ0n) is 8.83. The van der Waals surface area contributed by atoms with Gasteiger partial charge < -0.3 is 5.32 Å². The predicted molar refractivity (Wildman–Crippen MR) is 68.9 cm³/mol. The van der Waals surface area contributed by atoms with Crippen LogP contribution in [0.5, 0.6) is 0 Å². The van der Waals surface area contributed by atoms with Crippen LogP contribution in [0, 0.1) is 0 Å². The zero-order valence-corrected chi connectivity index (χ0v) is 10.4. The summed E-state index contributed by atoms with van der Waals surface area (Å²) in [6, 6.07) is 8.86. The summed E-state index contributed by atoms with van der Waals surface area (Å²) in [6.45, 7) is 2.09. The van der Waals surface area contributed by atoms with Gasteiger partial charge in [0.1, 0.15) is 0 Å². The molecule has 2 rings (SSSR count). The molecule has 1 nitrogen and oxygen atoms in total. The normalized spacial score (nSPS) is 15.4. The minimum absolute atomic E-state index is 0.0271. The van der Waals surface area contributed by atoms with Gasteiger partial charge in [-0.15, -0.1) is 22.9 Å². The summed E-state index contributed by atoms with van der Waals surface area (Å²) >= 11 is 8.13. The highest BCUT2D eigenvalue weighted by Gasteiger charge is 2.14. The van der Waals surface area contributed by atoms with E-state index < -0.39 is 0 Å². The molecule has 0 radical (unpaired) electrons. The van der Waals surface area contributed by atoms with Crippen molar-refractivity contribution in [3.05, 3.63) is 35.2 Å². The Morgan fingerprint density at radius 1 is 1.33 bits per heavy atom. The second kappa shape index (κ2) is 4.52. The Morgan fingerprint density at radius 3 is 2.87 bits per heavy atom. The van der Waals surface area contributed by atoms with Crippen molar-refractivity contribution in [1.29, 1.82) is 0 Å². The summed E-state index contributed by atoms with van der Waals surface area (Å²) < 4.78 is 1.32. The van der Waals surface area contributed by atoms with Gasteiger partial charge in [0.25, 0.3) is 0 Å². The third-order valence-corrected chi connectivity index (χ3v) is 4.22. The molecular weight excluding hydrogens is 226 g/mol. The van der Waals surface area contributed by atoms with Gasteiger partial charge in [0.05, 0.1) is 5.38 Å². The molecule has 15 heavy (non-hydrogen) atoms. The number of thiophene rings is 1. The number of fused-ring (bicyclic) bond motifs is 1. The quantitative estimate of drug-likeness (QED) is 0.804. The highest BCUT2D eigenvalue weighted by Crippen LogP contribution is 2.29. The number of alkyl halides is 1. The minimum Gasteiger partial charge on any atom is -0.315 e. The van der Waals surface area contributed by atoms with Gasteiger partial charge in [-0.1, -0.05) is 6.07 Å². The molecule has 0 aliphatic heterocycles.